The van der Waals surface area contributed by atoms with Crippen molar-refractivity contribution in [3.05, 3.63) is 46.3 Å². The van der Waals surface area contributed by atoms with Crippen LogP contribution in [0.2, 0.25) is 0 Å². The van der Waals surface area contributed by atoms with Gasteiger partial charge in [-0.25, -0.2) is 4.98 Å². The van der Waals surface area contributed by atoms with Crippen molar-refractivity contribution >= 4 is 33.3 Å². The minimum Gasteiger partial charge on any atom is -0.323 e. The fraction of sp³-hybridized carbons (Fsp3) is 0.0833. The van der Waals surface area contributed by atoms with Crippen LogP contribution in [-0.2, 0) is 0 Å². The van der Waals surface area contributed by atoms with Crippen LogP contribution in [0.25, 0.3) is 0 Å². The maximum atomic E-state index is 12.1. The summed E-state index contributed by atoms with van der Waals surface area (Å²) in [6, 6.07) is 3.49. The van der Waals surface area contributed by atoms with E-state index in [0.717, 1.165) is 10.0 Å². The molecule has 0 aromatic carbocycles. The monoisotopic (exact) mass is 321 g/mol. The number of hydrogen-bond acceptors (Lipinski definition) is 5. The van der Waals surface area contributed by atoms with Gasteiger partial charge in [0.1, 0.15) is 5.82 Å². The highest BCUT2D eigenvalue weighted by Crippen LogP contribution is 2.19. The molecular formula is C12H12BrN5O. The number of carbonyl (C=O) groups is 1. The summed E-state index contributed by atoms with van der Waals surface area (Å²) in [6.45, 7) is 1.86. The van der Waals surface area contributed by atoms with E-state index in [2.05, 4.69) is 36.6 Å². The molecule has 2 aromatic rings. The van der Waals surface area contributed by atoms with Gasteiger partial charge in [0.15, 0.2) is 0 Å². The van der Waals surface area contributed by atoms with Crippen LogP contribution in [-0.4, -0.2) is 15.9 Å². The molecule has 0 bridgehead atoms. The molecule has 19 heavy (non-hydrogen) atoms. The quantitative estimate of drug-likeness (QED) is 0.594. The van der Waals surface area contributed by atoms with E-state index in [0.29, 0.717) is 17.1 Å². The van der Waals surface area contributed by atoms with Gasteiger partial charge < -0.3 is 10.7 Å². The molecule has 7 heteroatoms. The first-order valence-corrected chi connectivity index (χ1v) is 6.25. The van der Waals surface area contributed by atoms with Crippen LogP contribution in [0.4, 0.5) is 11.5 Å². The maximum Gasteiger partial charge on any atom is 0.260 e. The van der Waals surface area contributed by atoms with E-state index in [9.17, 15) is 4.79 Å². The van der Waals surface area contributed by atoms with Crippen molar-refractivity contribution in [1.29, 1.82) is 0 Å². The predicted octanol–water partition coefficient (Wildman–Crippen LogP) is 2.09. The second-order valence-corrected chi connectivity index (χ2v) is 4.75. The summed E-state index contributed by atoms with van der Waals surface area (Å²) < 4.78 is 0.855. The summed E-state index contributed by atoms with van der Waals surface area (Å²) in [4.78, 5) is 20.2. The summed E-state index contributed by atoms with van der Waals surface area (Å²) in [5.74, 6) is 5.53. The zero-order chi connectivity index (χ0) is 13.8. The summed E-state index contributed by atoms with van der Waals surface area (Å²) in [5, 5.41) is 2.72. The lowest BCUT2D eigenvalue weighted by Crippen LogP contribution is -2.18. The standard InChI is InChI=1S/C12H12BrN5O/c1-7-4-8(13)5-16-11(7)17-12(19)9-6-15-3-2-10(9)18-14/h2-6H,14H2,1H3,(H,15,18)(H,16,17,19). The van der Waals surface area contributed by atoms with Crippen LogP contribution in [0.3, 0.4) is 0 Å². The lowest BCUT2D eigenvalue weighted by molar-refractivity contribution is 0.102. The Labute approximate surface area is 118 Å². The minimum absolute atomic E-state index is 0.320. The van der Waals surface area contributed by atoms with Gasteiger partial charge in [0.05, 0.1) is 11.3 Å². The third-order valence-corrected chi connectivity index (χ3v) is 2.93. The summed E-state index contributed by atoms with van der Waals surface area (Å²) in [5.41, 5.74) is 4.17. The van der Waals surface area contributed by atoms with Crippen LogP contribution in [0.5, 0.6) is 0 Å². The third-order valence-electron chi connectivity index (χ3n) is 2.50. The molecule has 6 nitrogen and oxygen atoms in total. The van der Waals surface area contributed by atoms with Crippen molar-refractivity contribution in [2.24, 2.45) is 5.84 Å². The molecule has 0 saturated carbocycles. The van der Waals surface area contributed by atoms with Gasteiger partial charge in [0.25, 0.3) is 5.91 Å². The van der Waals surface area contributed by atoms with E-state index < -0.39 is 0 Å². The molecule has 2 rings (SSSR count). The molecule has 0 saturated heterocycles. The fourth-order valence-electron chi connectivity index (χ4n) is 1.55. The number of halogens is 1. The topological polar surface area (TPSA) is 92.9 Å². The Kier molecular flexibility index (Phi) is 4.08. The Hall–Kier alpha value is -1.99. The second kappa shape index (κ2) is 5.77. The van der Waals surface area contributed by atoms with Gasteiger partial charge in [0, 0.05) is 23.1 Å². The SMILES string of the molecule is Cc1cc(Br)cnc1NC(=O)c1cnccc1NN. The molecule has 98 valence electrons. The number of nitrogens with zero attached hydrogens (tertiary/aromatic N) is 2. The van der Waals surface area contributed by atoms with Gasteiger partial charge in [-0.1, -0.05) is 0 Å². The van der Waals surface area contributed by atoms with Gasteiger partial charge in [-0.3, -0.25) is 15.6 Å². The molecule has 0 aliphatic rings. The highest BCUT2D eigenvalue weighted by atomic mass is 79.9. The normalized spacial score (nSPS) is 10.1. The number of hydrazine groups is 1. The van der Waals surface area contributed by atoms with Crippen molar-refractivity contribution in [2.45, 2.75) is 6.92 Å². The Morgan fingerprint density at radius 2 is 2.21 bits per heavy atom. The number of rotatable bonds is 3. The van der Waals surface area contributed by atoms with Gasteiger partial charge in [-0.2, -0.15) is 0 Å². The van der Waals surface area contributed by atoms with E-state index in [1.54, 1.807) is 18.5 Å². The van der Waals surface area contributed by atoms with E-state index >= 15 is 0 Å². The number of aromatic nitrogens is 2. The predicted molar refractivity (Wildman–Crippen MR) is 76.7 cm³/mol. The maximum absolute atomic E-state index is 12.1. The minimum atomic E-state index is -0.320. The van der Waals surface area contributed by atoms with Crippen molar-refractivity contribution in [1.82, 2.24) is 9.97 Å². The fourth-order valence-corrected chi connectivity index (χ4v) is 1.99. The lowest BCUT2D eigenvalue weighted by atomic mass is 10.2. The molecule has 0 atom stereocenters. The first kappa shape index (κ1) is 13.4. The van der Waals surface area contributed by atoms with Crippen LogP contribution >= 0.6 is 15.9 Å². The van der Waals surface area contributed by atoms with Crippen LogP contribution in [0, 0.1) is 6.92 Å². The van der Waals surface area contributed by atoms with Crippen LogP contribution in [0.1, 0.15) is 15.9 Å². The molecule has 2 aromatic heterocycles. The van der Waals surface area contributed by atoms with E-state index in [1.807, 2.05) is 13.0 Å². The number of nitrogens with one attached hydrogen (secondary N) is 2. The Morgan fingerprint density at radius 3 is 2.89 bits per heavy atom. The molecule has 0 aliphatic heterocycles. The van der Waals surface area contributed by atoms with E-state index in [1.165, 1.54) is 6.20 Å². The average molecular weight is 322 g/mol. The first-order chi connectivity index (χ1) is 9.11. The van der Waals surface area contributed by atoms with Gasteiger partial charge in [0.2, 0.25) is 0 Å². The first-order valence-electron chi connectivity index (χ1n) is 5.46. The Morgan fingerprint density at radius 1 is 1.42 bits per heavy atom. The number of nitrogens with two attached hydrogens (primary N) is 1. The van der Waals surface area contributed by atoms with E-state index in [4.69, 9.17) is 5.84 Å². The number of carbonyl (C=O) groups excluding carboxylic acids is 1. The molecule has 2 heterocycles. The van der Waals surface area contributed by atoms with Gasteiger partial charge in [-0.05, 0) is 40.5 Å². The number of nitrogen functional groups attached to an aromatic ring is 1. The van der Waals surface area contributed by atoms with Crippen molar-refractivity contribution in [3.8, 4) is 0 Å². The number of amides is 1. The zero-order valence-corrected chi connectivity index (χ0v) is 11.7. The van der Waals surface area contributed by atoms with Gasteiger partial charge in [-0.15, -0.1) is 0 Å². The molecule has 0 spiro atoms. The van der Waals surface area contributed by atoms with Crippen molar-refractivity contribution < 1.29 is 4.79 Å². The molecule has 4 N–H and O–H groups in total. The smallest absolute Gasteiger partial charge is 0.260 e. The van der Waals surface area contributed by atoms with Gasteiger partial charge >= 0.3 is 0 Å². The largest absolute Gasteiger partial charge is 0.323 e. The Bertz CT molecular complexity index is 617. The van der Waals surface area contributed by atoms with Crippen LogP contribution in [0.15, 0.2) is 35.2 Å². The summed E-state index contributed by atoms with van der Waals surface area (Å²) in [7, 11) is 0. The second-order valence-electron chi connectivity index (χ2n) is 3.84. The highest BCUT2D eigenvalue weighted by Gasteiger charge is 2.13. The molecular weight excluding hydrogens is 310 g/mol. The number of pyridine rings is 2. The molecule has 0 unspecified atom stereocenters. The summed E-state index contributed by atoms with van der Waals surface area (Å²) >= 11 is 3.32. The molecule has 0 radical (unpaired) electrons. The summed E-state index contributed by atoms with van der Waals surface area (Å²) in [6.07, 6.45) is 4.61. The van der Waals surface area contributed by atoms with E-state index in [-0.39, 0.29) is 5.91 Å². The zero-order valence-electron chi connectivity index (χ0n) is 10.1. The lowest BCUT2D eigenvalue weighted by Gasteiger charge is -2.10. The number of anilines is 2. The van der Waals surface area contributed by atoms with Crippen molar-refractivity contribution in [3.63, 3.8) is 0 Å². The number of aryl methyl sites for hydroxylation is 1. The molecule has 0 aliphatic carbocycles. The highest BCUT2D eigenvalue weighted by molar-refractivity contribution is 9.10. The van der Waals surface area contributed by atoms with Crippen molar-refractivity contribution in [2.75, 3.05) is 10.7 Å². The average Bonchev–Trinajstić information content (AvgIpc) is 2.41. The molecule has 1 amide bonds. The van der Waals surface area contributed by atoms with Crippen LogP contribution < -0.4 is 16.6 Å². The Balaban J connectivity index is 2.26. The number of hydrogen-bond donors (Lipinski definition) is 3. The third kappa shape index (κ3) is 3.07. The molecule has 0 fully saturated rings.